The lowest BCUT2D eigenvalue weighted by Crippen LogP contribution is -2.53. The van der Waals surface area contributed by atoms with Crippen LogP contribution in [0.2, 0.25) is 0 Å². The van der Waals surface area contributed by atoms with Gasteiger partial charge in [-0.25, -0.2) is 0 Å². The van der Waals surface area contributed by atoms with Crippen molar-refractivity contribution in [3.05, 3.63) is 0 Å². The van der Waals surface area contributed by atoms with E-state index in [0.29, 0.717) is 0 Å². The van der Waals surface area contributed by atoms with Gasteiger partial charge in [-0.2, -0.15) is 0 Å². The number of hydrogen-bond donors (Lipinski definition) is 1. The largest absolute Gasteiger partial charge is 0.329 e. The van der Waals surface area contributed by atoms with Gasteiger partial charge in [-0.15, -0.1) is 0 Å². The molecule has 0 spiro atoms. The lowest BCUT2D eigenvalue weighted by Gasteiger charge is -2.44. The molecular formula is C16H32N2. The number of likely N-dealkylation sites (tertiary alicyclic amines) is 1. The summed E-state index contributed by atoms with van der Waals surface area (Å²) >= 11 is 0. The van der Waals surface area contributed by atoms with Crippen LogP contribution >= 0.6 is 0 Å². The van der Waals surface area contributed by atoms with Crippen LogP contribution in [0.3, 0.4) is 0 Å². The van der Waals surface area contributed by atoms with Gasteiger partial charge in [0, 0.05) is 12.1 Å². The molecule has 2 unspecified atom stereocenters. The number of rotatable bonds is 5. The summed E-state index contributed by atoms with van der Waals surface area (Å²) in [6.07, 6.45) is 11.2. The summed E-state index contributed by atoms with van der Waals surface area (Å²) in [4.78, 5) is 2.72. The number of nitrogens with two attached hydrogens (primary N) is 1. The summed E-state index contributed by atoms with van der Waals surface area (Å²) in [5, 5.41) is 0. The maximum atomic E-state index is 6.14. The van der Waals surface area contributed by atoms with Crippen molar-refractivity contribution in [3.63, 3.8) is 0 Å². The van der Waals surface area contributed by atoms with Gasteiger partial charge in [-0.3, -0.25) is 4.90 Å². The van der Waals surface area contributed by atoms with E-state index in [2.05, 4.69) is 18.7 Å². The normalized spacial score (nSPS) is 30.5. The molecule has 0 bridgehead atoms. The molecule has 0 amide bonds. The molecule has 1 heterocycles. The zero-order valence-corrected chi connectivity index (χ0v) is 12.5. The first-order valence-electron chi connectivity index (χ1n) is 8.13. The van der Waals surface area contributed by atoms with Crippen molar-refractivity contribution in [2.24, 2.45) is 17.6 Å². The molecule has 2 fully saturated rings. The van der Waals surface area contributed by atoms with Crippen molar-refractivity contribution < 1.29 is 0 Å². The molecule has 18 heavy (non-hydrogen) atoms. The molecule has 106 valence electrons. The Morgan fingerprint density at radius 1 is 1.06 bits per heavy atom. The lowest BCUT2D eigenvalue weighted by atomic mass is 9.76. The Bertz CT molecular complexity index is 249. The van der Waals surface area contributed by atoms with Crippen molar-refractivity contribution in [3.8, 4) is 0 Å². The van der Waals surface area contributed by atoms with Gasteiger partial charge in [-0.05, 0) is 57.5 Å². The summed E-state index contributed by atoms with van der Waals surface area (Å²) < 4.78 is 0. The van der Waals surface area contributed by atoms with Gasteiger partial charge in [0.05, 0.1) is 0 Å². The van der Waals surface area contributed by atoms with Gasteiger partial charge in [0.15, 0.2) is 0 Å². The third-order valence-electron chi connectivity index (χ3n) is 5.58. The summed E-state index contributed by atoms with van der Waals surface area (Å²) in [7, 11) is 0. The highest BCUT2D eigenvalue weighted by atomic mass is 15.2. The summed E-state index contributed by atoms with van der Waals surface area (Å²) in [5.41, 5.74) is 6.41. The molecule has 1 aliphatic heterocycles. The zero-order chi connectivity index (χ0) is 13.0. The Labute approximate surface area is 113 Å². The Hall–Kier alpha value is -0.0800. The van der Waals surface area contributed by atoms with Crippen LogP contribution in [0.4, 0.5) is 0 Å². The molecule has 2 heteroatoms. The van der Waals surface area contributed by atoms with E-state index in [-0.39, 0.29) is 5.54 Å². The number of nitrogens with zero attached hydrogens (tertiary/aromatic N) is 1. The number of hydrogen-bond acceptors (Lipinski definition) is 2. The molecule has 1 saturated carbocycles. The first-order valence-corrected chi connectivity index (χ1v) is 8.13. The smallest absolute Gasteiger partial charge is 0.0306 e. The molecule has 0 aromatic heterocycles. The fourth-order valence-corrected chi connectivity index (χ4v) is 3.77. The quantitative estimate of drug-likeness (QED) is 0.812. The van der Waals surface area contributed by atoms with E-state index in [0.717, 1.165) is 18.4 Å². The van der Waals surface area contributed by atoms with E-state index in [9.17, 15) is 0 Å². The predicted molar refractivity (Wildman–Crippen MR) is 78.6 cm³/mol. The molecule has 0 radical (unpaired) electrons. The fourth-order valence-electron chi connectivity index (χ4n) is 3.77. The predicted octanol–water partition coefficient (Wildman–Crippen LogP) is 3.41. The maximum absolute atomic E-state index is 6.14. The highest BCUT2D eigenvalue weighted by Crippen LogP contribution is 2.36. The average molecular weight is 252 g/mol. The Kier molecular flexibility index (Phi) is 5.08. The van der Waals surface area contributed by atoms with E-state index >= 15 is 0 Å². The van der Waals surface area contributed by atoms with Crippen LogP contribution in [0.15, 0.2) is 0 Å². The zero-order valence-electron chi connectivity index (χ0n) is 12.5. The second kappa shape index (κ2) is 6.38. The van der Waals surface area contributed by atoms with Crippen molar-refractivity contribution >= 4 is 0 Å². The second-order valence-corrected chi connectivity index (χ2v) is 6.89. The minimum atomic E-state index is 0.272. The molecule has 1 saturated heterocycles. The van der Waals surface area contributed by atoms with E-state index in [4.69, 9.17) is 5.73 Å². The van der Waals surface area contributed by atoms with Crippen LogP contribution in [-0.2, 0) is 0 Å². The van der Waals surface area contributed by atoms with Gasteiger partial charge in [-0.1, -0.05) is 32.6 Å². The van der Waals surface area contributed by atoms with E-state index in [1.165, 1.54) is 64.5 Å². The molecule has 2 aliphatic rings. The fraction of sp³-hybridized carbons (Fsp3) is 1.00. The summed E-state index contributed by atoms with van der Waals surface area (Å²) in [6, 6.07) is 0. The van der Waals surface area contributed by atoms with Crippen LogP contribution in [0.5, 0.6) is 0 Å². The minimum Gasteiger partial charge on any atom is -0.329 e. The molecular weight excluding hydrogens is 220 g/mol. The molecule has 2 N–H and O–H groups in total. The molecule has 0 aromatic rings. The average Bonchev–Trinajstić information content (AvgIpc) is 2.59. The van der Waals surface area contributed by atoms with Crippen LogP contribution < -0.4 is 5.73 Å². The third kappa shape index (κ3) is 3.27. The van der Waals surface area contributed by atoms with Gasteiger partial charge >= 0.3 is 0 Å². The molecule has 2 rings (SSSR count). The van der Waals surface area contributed by atoms with Crippen molar-refractivity contribution in [1.82, 2.24) is 4.90 Å². The maximum Gasteiger partial charge on any atom is 0.0306 e. The summed E-state index contributed by atoms with van der Waals surface area (Å²) in [6.45, 7) is 8.14. The molecule has 1 aliphatic carbocycles. The minimum absolute atomic E-state index is 0.272. The van der Waals surface area contributed by atoms with Gasteiger partial charge in [0.1, 0.15) is 0 Å². The van der Waals surface area contributed by atoms with E-state index in [1.54, 1.807) is 0 Å². The Morgan fingerprint density at radius 3 is 2.33 bits per heavy atom. The van der Waals surface area contributed by atoms with E-state index < -0.39 is 0 Å². The Balaban J connectivity index is 1.92. The molecule has 2 atom stereocenters. The SMILES string of the molecule is CCC1CCCN(C(C)(CN)CC2CCC2)CC1. The van der Waals surface area contributed by atoms with Crippen LogP contribution in [0, 0.1) is 11.8 Å². The highest BCUT2D eigenvalue weighted by Gasteiger charge is 2.35. The van der Waals surface area contributed by atoms with Crippen molar-refractivity contribution in [2.75, 3.05) is 19.6 Å². The second-order valence-electron chi connectivity index (χ2n) is 6.89. The van der Waals surface area contributed by atoms with Crippen molar-refractivity contribution in [1.29, 1.82) is 0 Å². The van der Waals surface area contributed by atoms with Crippen molar-refractivity contribution in [2.45, 2.75) is 70.8 Å². The summed E-state index contributed by atoms with van der Waals surface area (Å²) in [5.74, 6) is 1.92. The monoisotopic (exact) mass is 252 g/mol. The molecule has 2 nitrogen and oxygen atoms in total. The molecule has 0 aromatic carbocycles. The van der Waals surface area contributed by atoms with Gasteiger partial charge in [0.2, 0.25) is 0 Å². The lowest BCUT2D eigenvalue weighted by molar-refractivity contribution is 0.0699. The standard InChI is InChI=1S/C16H32N2/c1-3-14-8-5-10-18(11-9-14)16(2,13-17)12-15-6-4-7-15/h14-15H,3-13,17H2,1-2H3. The highest BCUT2D eigenvalue weighted by molar-refractivity contribution is 4.92. The Morgan fingerprint density at radius 2 is 1.78 bits per heavy atom. The third-order valence-corrected chi connectivity index (χ3v) is 5.58. The van der Waals surface area contributed by atoms with Gasteiger partial charge in [0.25, 0.3) is 0 Å². The first kappa shape index (κ1) is 14.3. The van der Waals surface area contributed by atoms with E-state index in [1.807, 2.05) is 0 Å². The van der Waals surface area contributed by atoms with Gasteiger partial charge < -0.3 is 5.73 Å². The topological polar surface area (TPSA) is 29.3 Å². The van der Waals surface area contributed by atoms with Crippen LogP contribution in [-0.4, -0.2) is 30.1 Å². The van der Waals surface area contributed by atoms with Crippen LogP contribution in [0.25, 0.3) is 0 Å². The first-order chi connectivity index (χ1) is 8.68. The van der Waals surface area contributed by atoms with Crippen LogP contribution in [0.1, 0.15) is 65.2 Å².